The first-order valence-corrected chi connectivity index (χ1v) is 8.55. The predicted molar refractivity (Wildman–Crippen MR) is 84.3 cm³/mol. The quantitative estimate of drug-likeness (QED) is 0.895. The molecule has 3 rings (SSSR count). The Balaban J connectivity index is 1.67. The molecule has 0 radical (unpaired) electrons. The van der Waals surface area contributed by atoms with Gasteiger partial charge in [-0.15, -0.1) is 0 Å². The molecule has 5 heteroatoms. The maximum atomic E-state index is 12.6. The van der Waals surface area contributed by atoms with Crippen LogP contribution in [-0.2, 0) is 11.2 Å². The number of carbonyl (C=O) groups is 1. The molecule has 0 spiro atoms. The molecule has 108 valence electrons. The lowest BCUT2D eigenvalue weighted by Gasteiger charge is -2.42. The van der Waals surface area contributed by atoms with E-state index in [1.54, 1.807) is 0 Å². The van der Waals surface area contributed by atoms with Crippen LogP contribution in [0.5, 0.6) is 0 Å². The lowest BCUT2D eigenvalue weighted by atomic mass is 9.75. The third-order valence-electron chi connectivity index (χ3n) is 4.13. The van der Waals surface area contributed by atoms with Crippen LogP contribution in [0.2, 0.25) is 5.02 Å². The summed E-state index contributed by atoms with van der Waals surface area (Å²) in [4.78, 5) is 12.6. The number of benzene rings is 1. The van der Waals surface area contributed by atoms with E-state index >= 15 is 0 Å². The van der Waals surface area contributed by atoms with Gasteiger partial charge in [-0.05, 0) is 36.3 Å². The molecule has 2 N–H and O–H groups in total. The molecule has 20 heavy (non-hydrogen) atoms. The summed E-state index contributed by atoms with van der Waals surface area (Å²) in [5.74, 6) is 2.42. The number of hydrogen-bond acceptors (Lipinski definition) is 3. The van der Waals surface area contributed by atoms with Crippen molar-refractivity contribution in [2.24, 2.45) is 5.41 Å². The van der Waals surface area contributed by atoms with E-state index in [9.17, 15) is 4.79 Å². The van der Waals surface area contributed by atoms with Crippen LogP contribution in [0.4, 0.5) is 0 Å². The van der Waals surface area contributed by atoms with Gasteiger partial charge in [-0.1, -0.05) is 23.7 Å². The van der Waals surface area contributed by atoms with Crippen molar-refractivity contribution in [3.63, 3.8) is 0 Å². The van der Waals surface area contributed by atoms with Gasteiger partial charge in [0, 0.05) is 29.9 Å². The molecule has 1 unspecified atom stereocenters. The predicted octanol–water partition coefficient (Wildman–Crippen LogP) is 2.09. The van der Waals surface area contributed by atoms with Gasteiger partial charge in [0.25, 0.3) is 0 Å². The second-order valence-corrected chi connectivity index (χ2v) is 7.31. The van der Waals surface area contributed by atoms with E-state index in [1.165, 1.54) is 5.56 Å². The van der Waals surface area contributed by atoms with Gasteiger partial charge in [0.15, 0.2) is 0 Å². The third-order valence-corrected chi connectivity index (χ3v) is 5.54. The lowest BCUT2D eigenvalue weighted by Crippen LogP contribution is -2.63. The molecule has 1 amide bonds. The zero-order chi connectivity index (χ0) is 14.0. The van der Waals surface area contributed by atoms with Crippen molar-refractivity contribution in [2.75, 3.05) is 24.6 Å². The molecule has 1 atom stereocenters. The van der Waals surface area contributed by atoms with Crippen molar-refractivity contribution in [3.05, 3.63) is 34.9 Å². The van der Waals surface area contributed by atoms with Gasteiger partial charge in [0.05, 0.1) is 5.41 Å². The van der Waals surface area contributed by atoms with Gasteiger partial charge in [-0.25, -0.2) is 0 Å². The van der Waals surface area contributed by atoms with Crippen LogP contribution in [0.1, 0.15) is 12.0 Å². The van der Waals surface area contributed by atoms with Crippen molar-refractivity contribution >= 4 is 29.3 Å². The van der Waals surface area contributed by atoms with Crippen molar-refractivity contribution in [2.45, 2.75) is 18.9 Å². The maximum Gasteiger partial charge on any atom is 0.229 e. The highest BCUT2D eigenvalue weighted by Crippen LogP contribution is 2.29. The van der Waals surface area contributed by atoms with E-state index in [0.29, 0.717) is 6.04 Å². The minimum Gasteiger partial charge on any atom is -0.352 e. The fourth-order valence-corrected chi connectivity index (χ4v) is 4.05. The first kappa shape index (κ1) is 14.2. The molecule has 1 aromatic carbocycles. The van der Waals surface area contributed by atoms with Gasteiger partial charge in [0.2, 0.25) is 5.91 Å². The van der Waals surface area contributed by atoms with Gasteiger partial charge in [-0.3, -0.25) is 4.79 Å². The number of hydrogen-bond donors (Lipinski definition) is 2. The Hall–Kier alpha value is -0.710. The normalized spacial score (nSPS) is 24.1. The average Bonchev–Trinajstić information content (AvgIpc) is 2.88. The minimum absolute atomic E-state index is 0.207. The largest absolute Gasteiger partial charge is 0.352 e. The highest BCUT2D eigenvalue weighted by Gasteiger charge is 2.44. The molecule has 2 aliphatic rings. The fraction of sp³-hybridized carbons (Fsp3) is 0.533. The van der Waals surface area contributed by atoms with Gasteiger partial charge < -0.3 is 10.6 Å². The van der Waals surface area contributed by atoms with Crippen LogP contribution >= 0.6 is 23.4 Å². The SMILES string of the molecule is O=C(NC1CCSC1)C1(Cc2ccc(Cl)cc2)CNC1. The van der Waals surface area contributed by atoms with E-state index in [0.717, 1.165) is 42.5 Å². The molecule has 2 fully saturated rings. The third kappa shape index (κ3) is 2.97. The Morgan fingerprint density at radius 1 is 1.40 bits per heavy atom. The Morgan fingerprint density at radius 2 is 2.15 bits per heavy atom. The molecule has 2 aliphatic heterocycles. The Morgan fingerprint density at radius 3 is 2.70 bits per heavy atom. The van der Waals surface area contributed by atoms with E-state index in [4.69, 9.17) is 11.6 Å². The molecular weight excluding hydrogens is 292 g/mol. The summed E-state index contributed by atoms with van der Waals surface area (Å²) in [6, 6.07) is 8.17. The van der Waals surface area contributed by atoms with Crippen LogP contribution in [0.15, 0.2) is 24.3 Å². The Kier molecular flexibility index (Phi) is 4.24. The molecule has 0 bridgehead atoms. The summed E-state index contributed by atoms with van der Waals surface area (Å²) < 4.78 is 0. The van der Waals surface area contributed by atoms with E-state index in [-0.39, 0.29) is 11.3 Å². The molecule has 0 saturated carbocycles. The summed E-state index contributed by atoms with van der Waals surface area (Å²) in [5, 5.41) is 7.21. The second-order valence-electron chi connectivity index (χ2n) is 5.72. The first-order valence-electron chi connectivity index (χ1n) is 7.02. The summed E-state index contributed by atoms with van der Waals surface area (Å²) in [7, 11) is 0. The minimum atomic E-state index is -0.277. The summed E-state index contributed by atoms with van der Waals surface area (Å²) in [6.07, 6.45) is 1.88. The van der Waals surface area contributed by atoms with Crippen LogP contribution in [-0.4, -0.2) is 36.5 Å². The number of carbonyl (C=O) groups excluding carboxylic acids is 1. The maximum absolute atomic E-state index is 12.6. The van der Waals surface area contributed by atoms with E-state index in [2.05, 4.69) is 10.6 Å². The average molecular weight is 311 g/mol. The lowest BCUT2D eigenvalue weighted by molar-refractivity contribution is -0.134. The second kappa shape index (κ2) is 5.96. The molecule has 0 aliphatic carbocycles. The zero-order valence-electron chi connectivity index (χ0n) is 11.3. The molecule has 3 nitrogen and oxygen atoms in total. The fourth-order valence-electron chi connectivity index (χ4n) is 2.77. The van der Waals surface area contributed by atoms with Crippen molar-refractivity contribution in [1.29, 1.82) is 0 Å². The summed E-state index contributed by atoms with van der Waals surface area (Å²) in [5.41, 5.74) is 0.896. The van der Waals surface area contributed by atoms with Gasteiger partial charge in [-0.2, -0.15) is 11.8 Å². The monoisotopic (exact) mass is 310 g/mol. The summed E-state index contributed by atoms with van der Waals surface area (Å²) in [6.45, 7) is 1.53. The molecule has 2 heterocycles. The zero-order valence-corrected chi connectivity index (χ0v) is 12.9. The van der Waals surface area contributed by atoms with Gasteiger partial charge in [0.1, 0.15) is 0 Å². The van der Waals surface area contributed by atoms with Crippen LogP contribution in [0.3, 0.4) is 0 Å². The highest BCUT2D eigenvalue weighted by molar-refractivity contribution is 7.99. The number of halogens is 1. The molecule has 1 aromatic rings. The highest BCUT2D eigenvalue weighted by atomic mass is 35.5. The van der Waals surface area contributed by atoms with Crippen LogP contribution < -0.4 is 10.6 Å². The molecule has 2 saturated heterocycles. The smallest absolute Gasteiger partial charge is 0.229 e. The standard InChI is InChI=1S/C15H19ClN2OS/c16-12-3-1-11(2-4-12)7-15(9-17-10-15)14(19)18-13-5-6-20-8-13/h1-4,13,17H,5-10H2,(H,18,19). The van der Waals surface area contributed by atoms with Crippen LogP contribution in [0.25, 0.3) is 0 Å². The van der Waals surface area contributed by atoms with Crippen molar-refractivity contribution in [1.82, 2.24) is 10.6 Å². The number of nitrogens with one attached hydrogen (secondary N) is 2. The van der Waals surface area contributed by atoms with Crippen LogP contribution in [0, 0.1) is 5.41 Å². The first-order chi connectivity index (χ1) is 9.68. The van der Waals surface area contributed by atoms with E-state index in [1.807, 2.05) is 36.0 Å². The molecular formula is C15H19ClN2OS. The molecule has 0 aromatic heterocycles. The Labute approximate surface area is 128 Å². The topological polar surface area (TPSA) is 41.1 Å². The number of thioether (sulfide) groups is 1. The van der Waals surface area contributed by atoms with Crippen molar-refractivity contribution < 1.29 is 4.79 Å². The number of amides is 1. The number of rotatable bonds is 4. The van der Waals surface area contributed by atoms with Gasteiger partial charge >= 0.3 is 0 Å². The van der Waals surface area contributed by atoms with Crippen molar-refractivity contribution in [3.8, 4) is 0 Å². The van der Waals surface area contributed by atoms with E-state index < -0.39 is 0 Å². The Bertz CT molecular complexity index is 481. The summed E-state index contributed by atoms with van der Waals surface area (Å²) >= 11 is 7.83.